The summed E-state index contributed by atoms with van der Waals surface area (Å²) in [5, 5.41) is 0.988. The average molecular weight is 379 g/mol. The average Bonchev–Trinajstić information content (AvgIpc) is 2.65. The highest BCUT2D eigenvalue weighted by atomic mass is 32.2. The summed E-state index contributed by atoms with van der Waals surface area (Å²) in [4.78, 5) is 7.17. The second kappa shape index (κ2) is 8.49. The molecule has 0 unspecified atom stereocenters. The van der Waals surface area contributed by atoms with Gasteiger partial charge in [-0.25, -0.2) is 0 Å². The minimum Gasteiger partial charge on any atom is -0.495 e. The quantitative estimate of drug-likeness (QED) is 0.638. The Bertz CT molecular complexity index is 869. The first-order valence-corrected chi connectivity index (χ1v) is 10.1. The lowest BCUT2D eigenvalue weighted by molar-refractivity contribution is 0.416. The SMILES string of the molecule is COc1ccccc1N1C(C)=CC(C)(C)N=C1SC/C=C\c1ccccc1. The van der Waals surface area contributed by atoms with Crippen LogP contribution >= 0.6 is 11.8 Å². The predicted molar refractivity (Wildman–Crippen MR) is 119 cm³/mol. The Kier molecular flexibility index (Phi) is 6.07. The number of ether oxygens (including phenoxy) is 1. The number of hydrogen-bond acceptors (Lipinski definition) is 4. The lowest BCUT2D eigenvalue weighted by Crippen LogP contribution is -2.36. The molecule has 0 bridgehead atoms. The molecular weight excluding hydrogens is 352 g/mol. The molecule has 2 aromatic carbocycles. The van der Waals surface area contributed by atoms with E-state index in [-0.39, 0.29) is 5.54 Å². The number of thioether (sulfide) groups is 1. The maximum Gasteiger partial charge on any atom is 0.169 e. The smallest absolute Gasteiger partial charge is 0.169 e. The van der Waals surface area contributed by atoms with Crippen LogP contribution in [0.2, 0.25) is 0 Å². The van der Waals surface area contributed by atoms with Crippen molar-refractivity contribution in [1.29, 1.82) is 0 Å². The van der Waals surface area contributed by atoms with Crippen LogP contribution in [0.4, 0.5) is 5.69 Å². The van der Waals surface area contributed by atoms with Crippen LogP contribution in [-0.2, 0) is 0 Å². The maximum absolute atomic E-state index is 5.58. The van der Waals surface area contributed by atoms with E-state index in [1.165, 1.54) is 5.56 Å². The van der Waals surface area contributed by atoms with Gasteiger partial charge in [0.25, 0.3) is 0 Å². The first-order valence-electron chi connectivity index (χ1n) is 9.07. The number of methoxy groups -OCH3 is 1. The third-order valence-electron chi connectivity index (χ3n) is 4.23. The van der Waals surface area contributed by atoms with E-state index >= 15 is 0 Å². The Morgan fingerprint density at radius 1 is 1.07 bits per heavy atom. The summed E-state index contributed by atoms with van der Waals surface area (Å²) in [7, 11) is 1.71. The molecule has 0 atom stereocenters. The largest absolute Gasteiger partial charge is 0.495 e. The van der Waals surface area contributed by atoms with E-state index in [4.69, 9.17) is 9.73 Å². The van der Waals surface area contributed by atoms with Crippen LogP contribution in [0.1, 0.15) is 26.3 Å². The Hall–Kier alpha value is -2.46. The predicted octanol–water partition coefficient (Wildman–Crippen LogP) is 6.00. The highest BCUT2D eigenvalue weighted by Crippen LogP contribution is 2.36. The Morgan fingerprint density at radius 2 is 1.78 bits per heavy atom. The fourth-order valence-electron chi connectivity index (χ4n) is 3.13. The molecule has 0 saturated carbocycles. The molecule has 1 aliphatic heterocycles. The fourth-order valence-corrected chi connectivity index (χ4v) is 4.14. The molecule has 3 nitrogen and oxygen atoms in total. The lowest BCUT2D eigenvalue weighted by Gasteiger charge is -2.35. The van der Waals surface area contributed by atoms with E-state index in [0.717, 1.165) is 28.1 Å². The number of allylic oxidation sites excluding steroid dienone is 1. The summed E-state index contributed by atoms with van der Waals surface area (Å²) in [5.41, 5.74) is 3.17. The molecule has 0 aromatic heterocycles. The summed E-state index contributed by atoms with van der Waals surface area (Å²) in [6, 6.07) is 18.4. The molecule has 1 aliphatic rings. The Labute approximate surface area is 166 Å². The van der Waals surface area contributed by atoms with Gasteiger partial charge in [-0.3, -0.25) is 9.89 Å². The minimum absolute atomic E-state index is 0.214. The number of rotatable bonds is 5. The molecule has 2 aromatic rings. The number of amidine groups is 1. The molecule has 1 heterocycles. The van der Waals surface area contributed by atoms with Gasteiger partial charge in [0, 0.05) is 11.4 Å². The van der Waals surface area contributed by atoms with E-state index < -0.39 is 0 Å². The fraction of sp³-hybridized carbons (Fsp3) is 0.261. The van der Waals surface area contributed by atoms with E-state index in [1.54, 1.807) is 18.9 Å². The van der Waals surface area contributed by atoms with Gasteiger partial charge in [0.15, 0.2) is 5.17 Å². The zero-order valence-corrected chi connectivity index (χ0v) is 17.2. The van der Waals surface area contributed by atoms with Crippen molar-refractivity contribution in [1.82, 2.24) is 0 Å². The van der Waals surface area contributed by atoms with Crippen molar-refractivity contribution in [3.8, 4) is 5.75 Å². The van der Waals surface area contributed by atoms with Gasteiger partial charge in [-0.05, 0) is 44.5 Å². The van der Waals surface area contributed by atoms with Crippen LogP contribution in [-0.4, -0.2) is 23.6 Å². The van der Waals surface area contributed by atoms with Crippen LogP contribution in [0.3, 0.4) is 0 Å². The maximum atomic E-state index is 5.58. The molecule has 0 N–H and O–H groups in total. The molecular formula is C23H26N2OS. The standard InChI is InChI=1S/C23H26N2OS/c1-18-17-23(2,3)24-22(25(18)20-14-8-9-15-21(20)26-4)27-16-10-13-19-11-6-5-7-12-19/h5-15,17H,16H2,1-4H3/b13-10-. The normalized spacial score (nSPS) is 16.2. The summed E-state index contributed by atoms with van der Waals surface area (Å²) in [5.74, 6) is 1.70. The van der Waals surface area contributed by atoms with Gasteiger partial charge in [-0.15, -0.1) is 0 Å². The van der Waals surface area contributed by atoms with Crippen molar-refractivity contribution in [3.63, 3.8) is 0 Å². The summed E-state index contributed by atoms with van der Waals surface area (Å²) < 4.78 is 5.58. The molecule has 27 heavy (non-hydrogen) atoms. The second-order valence-electron chi connectivity index (χ2n) is 6.97. The van der Waals surface area contributed by atoms with E-state index in [1.807, 2.05) is 24.3 Å². The third kappa shape index (κ3) is 4.83. The van der Waals surface area contributed by atoms with Crippen molar-refractivity contribution in [2.75, 3.05) is 17.8 Å². The van der Waals surface area contributed by atoms with Crippen LogP contribution < -0.4 is 9.64 Å². The van der Waals surface area contributed by atoms with Crippen LogP contribution in [0.15, 0.2) is 77.4 Å². The number of anilines is 1. The molecule has 0 aliphatic carbocycles. The van der Waals surface area contributed by atoms with Gasteiger partial charge in [0.05, 0.1) is 18.3 Å². The molecule has 0 radical (unpaired) electrons. The van der Waals surface area contributed by atoms with Crippen molar-refractivity contribution in [2.24, 2.45) is 4.99 Å². The van der Waals surface area contributed by atoms with Gasteiger partial charge >= 0.3 is 0 Å². The molecule has 4 heteroatoms. The van der Waals surface area contributed by atoms with Crippen LogP contribution in [0.5, 0.6) is 5.75 Å². The number of aliphatic imine (C=N–C) groups is 1. The van der Waals surface area contributed by atoms with Gasteiger partial charge < -0.3 is 4.74 Å². The van der Waals surface area contributed by atoms with Crippen molar-refractivity contribution < 1.29 is 4.74 Å². The molecule has 0 fully saturated rings. The summed E-state index contributed by atoms with van der Waals surface area (Å²) in [6.07, 6.45) is 6.53. The van der Waals surface area contributed by atoms with Crippen molar-refractivity contribution in [3.05, 3.63) is 78.0 Å². The van der Waals surface area contributed by atoms with E-state index in [0.29, 0.717) is 0 Å². The number of hydrogen-bond donors (Lipinski definition) is 0. The topological polar surface area (TPSA) is 24.8 Å². The van der Waals surface area contributed by atoms with Gasteiger partial charge in [-0.1, -0.05) is 66.4 Å². The molecule has 3 rings (SSSR count). The number of para-hydroxylation sites is 2. The zero-order valence-electron chi connectivity index (χ0n) is 16.3. The van der Waals surface area contributed by atoms with Crippen molar-refractivity contribution >= 4 is 28.7 Å². The molecule has 0 amide bonds. The summed E-state index contributed by atoms with van der Waals surface area (Å²) in [6.45, 7) is 6.40. The van der Waals surface area contributed by atoms with Gasteiger partial charge in [0.1, 0.15) is 5.75 Å². The summed E-state index contributed by atoms with van der Waals surface area (Å²) >= 11 is 1.74. The van der Waals surface area contributed by atoms with Gasteiger partial charge in [0.2, 0.25) is 0 Å². The van der Waals surface area contributed by atoms with Crippen LogP contribution in [0, 0.1) is 0 Å². The Balaban J connectivity index is 1.83. The minimum atomic E-state index is -0.214. The van der Waals surface area contributed by atoms with Crippen molar-refractivity contribution in [2.45, 2.75) is 26.3 Å². The Morgan fingerprint density at radius 3 is 2.52 bits per heavy atom. The highest BCUT2D eigenvalue weighted by molar-refractivity contribution is 8.14. The highest BCUT2D eigenvalue weighted by Gasteiger charge is 2.28. The van der Waals surface area contributed by atoms with E-state index in [2.05, 4.69) is 74.2 Å². The second-order valence-corrected chi connectivity index (χ2v) is 7.95. The molecule has 0 spiro atoms. The number of benzene rings is 2. The lowest BCUT2D eigenvalue weighted by atomic mass is 10.0. The molecule has 0 saturated heterocycles. The van der Waals surface area contributed by atoms with E-state index in [9.17, 15) is 0 Å². The number of nitrogens with zero attached hydrogens (tertiary/aromatic N) is 2. The third-order valence-corrected chi connectivity index (χ3v) is 5.13. The first kappa shape index (κ1) is 19.3. The molecule has 140 valence electrons. The zero-order chi connectivity index (χ0) is 19.3. The first-order chi connectivity index (χ1) is 13.0. The van der Waals surface area contributed by atoms with Crippen LogP contribution in [0.25, 0.3) is 6.08 Å². The monoisotopic (exact) mass is 378 g/mol. The van der Waals surface area contributed by atoms with Gasteiger partial charge in [-0.2, -0.15) is 0 Å².